The minimum Gasteiger partial charge on any atom is -0.383 e. The quantitative estimate of drug-likeness (QED) is 0.489. The predicted molar refractivity (Wildman–Crippen MR) is 81.1 cm³/mol. The summed E-state index contributed by atoms with van der Waals surface area (Å²) in [5.74, 6) is 0.570. The third-order valence-corrected chi connectivity index (χ3v) is 2.90. The Balaban J connectivity index is 2.34. The van der Waals surface area contributed by atoms with Crippen LogP contribution in [-0.4, -0.2) is 19.0 Å². The summed E-state index contributed by atoms with van der Waals surface area (Å²) in [6, 6.07) is 18.3. The second-order valence-electron chi connectivity index (χ2n) is 4.22. The van der Waals surface area contributed by atoms with Gasteiger partial charge in [0, 0.05) is 5.56 Å². The Labute approximate surface area is 114 Å². The van der Waals surface area contributed by atoms with Crippen LogP contribution in [0.25, 0.3) is 11.1 Å². The number of nitrogens with zero attached hydrogens (tertiary/aromatic N) is 1. The molecule has 0 saturated heterocycles. The molecule has 0 aliphatic rings. The van der Waals surface area contributed by atoms with Crippen molar-refractivity contribution < 1.29 is 0 Å². The van der Waals surface area contributed by atoms with Gasteiger partial charge >= 0.3 is 0 Å². The average molecular weight is 253 g/mol. The van der Waals surface area contributed by atoms with E-state index < -0.39 is 0 Å². The van der Waals surface area contributed by atoms with E-state index in [0.717, 1.165) is 23.2 Å². The van der Waals surface area contributed by atoms with E-state index in [4.69, 9.17) is 5.73 Å². The van der Waals surface area contributed by atoms with Gasteiger partial charge in [-0.25, -0.2) is 0 Å². The Hall–Kier alpha value is -2.13. The van der Waals surface area contributed by atoms with Crippen molar-refractivity contribution in [3.8, 4) is 11.1 Å². The standard InChI is InChI=1S/C16H19N3/c1-2-18-12-19-16(17)15-11-7-6-10-14(15)13-8-4-3-5-9-13/h3-11,18H,2,12H2,1H3,(H2,17,19). The Morgan fingerprint density at radius 3 is 2.47 bits per heavy atom. The summed E-state index contributed by atoms with van der Waals surface area (Å²) in [5.41, 5.74) is 9.33. The van der Waals surface area contributed by atoms with E-state index in [1.807, 2.05) is 43.3 Å². The van der Waals surface area contributed by atoms with Crippen LogP contribution in [0.4, 0.5) is 0 Å². The van der Waals surface area contributed by atoms with Gasteiger partial charge in [-0.1, -0.05) is 61.5 Å². The minimum atomic E-state index is 0.547. The number of benzene rings is 2. The molecule has 2 rings (SSSR count). The molecule has 0 spiro atoms. The van der Waals surface area contributed by atoms with E-state index in [1.54, 1.807) is 0 Å². The monoisotopic (exact) mass is 253 g/mol. The maximum Gasteiger partial charge on any atom is 0.127 e. The smallest absolute Gasteiger partial charge is 0.127 e. The first kappa shape index (κ1) is 13.3. The Bertz CT molecular complexity index is 547. The van der Waals surface area contributed by atoms with Gasteiger partial charge in [-0.2, -0.15) is 0 Å². The van der Waals surface area contributed by atoms with Crippen molar-refractivity contribution in [1.29, 1.82) is 0 Å². The van der Waals surface area contributed by atoms with Gasteiger partial charge in [0.15, 0.2) is 0 Å². The molecule has 0 radical (unpaired) electrons. The maximum absolute atomic E-state index is 6.08. The van der Waals surface area contributed by atoms with Crippen molar-refractivity contribution in [3.05, 3.63) is 60.2 Å². The summed E-state index contributed by atoms with van der Waals surface area (Å²) in [4.78, 5) is 4.35. The van der Waals surface area contributed by atoms with Crippen molar-refractivity contribution >= 4 is 5.84 Å². The van der Waals surface area contributed by atoms with E-state index >= 15 is 0 Å². The second-order valence-corrected chi connectivity index (χ2v) is 4.22. The van der Waals surface area contributed by atoms with Crippen LogP contribution in [0.2, 0.25) is 0 Å². The van der Waals surface area contributed by atoms with Crippen molar-refractivity contribution in [2.45, 2.75) is 6.92 Å². The highest BCUT2D eigenvalue weighted by atomic mass is 15.0. The first-order valence-electron chi connectivity index (χ1n) is 6.48. The van der Waals surface area contributed by atoms with E-state index in [1.165, 1.54) is 0 Å². The second kappa shape index (κ2) is 6.71. The summed E-state index contributed by atoms with van der Waals surface area (Å²) in [6.45, 7) is 3.48. The fourth-order valence-electron chi connectivity index (χ4n) is 1.91. The van der Waals surface area contributed by atoms with E-state index in [9.17, 15) is 0 Å². The van der Waals surface area contributed by atoms with Crippen LogP contribution >= 0.6 is 0 Å². The summed E-state index contributed by atoms with van der Waals surface area (Å²) >= 11 is 0. The highest BCUT2D eigenvalue weighted by Crippen LogP contribution is 2.22. The molecule has 2 aromatic rings. The number of amidine groups is 1. The maximum atomic E-state index is 6.08. The zero-order valence-electron chi connectivity index (χ0n) is 11.1. The molecule has 0 fully saturated rings. The zero-order valence-corrected chi connectivity index (χ0v) is 11.1. The van der Waals surface area contributed by atoms with Crippen molar-refractivity contribution in [3.63, 3.8) is 0 Å². The molecule has 0 atom stereocenters. The molecule has 0 aliphatic heterocycles. The van der Waals surface area contributed by atoms with E-state index in [0.29, 0.717) is 12.5 Å². The Morgan fingerprint density at radius 1 is 1.05 bits per heavy atom. The fraction of sp³-hybridized carbons (Fsp3) is 0.188. The van der Waals surface area contributed by atoms with Gasteiger partial charge in [0.2, 0.25) is 0 Å². The van der Waals surface area contributed by atoms with E-state index in [-0.39, 0.29) is 0 Å². The van der Waals surface area contributed by atoms with Crippen LogP contribution in [0, 0.1) is 0 Å². The molecule has 0 saturated carbocycles. The third-order valence-electron chi connectivity index (χ3n) is 2.90. The SMILES string of the molecule is CCNCN=C(N)c1ccccc1-c1ccccc1. The van der Waals surface area contributed by atoms with Crippen LogP contribution in [0.5, 0.6) is 0 Å². The molecule has 2 aromatic carbocycles. The van der Waals surface area contributed by atoms with Gasteiger partial charge in [0.05, 0.1) is 6.67 Å². The van der Waals surface area contributed by atoms with Gasteiger partial charge in [0.1, 0.15) is 5.84 Å². The fourth-order valence-corrected chi connectivity index (χ4v) is 1.91. The van der Waals surface area contributed by atoms with Gasteiger partial charge < -0.3 is 5.73 Å². The summed E-state index contributed by atoms with van der Waals surface area (Å²) in [6.07, 6.45) is 0. The van der Waals surface area contributed by atoms with E-state index in [2.05, 4.69) is 28.5 Å². The Kier molecular flexibility index (Phi) is 4.70. The lowest BCUT2D eigenvalue weighted by atomic mass is 9.99. The predicted octanol–water partition coefficient (Wildman–Crippen LogP) is 2.63. The van der Waals surface area contributed by atoms with Crippen molar-refractivity contribution in [2.24, 2.45) is 10.7 Å². The topological polar surface area (TPSA) is 50.4 Å². The number of nitrogens with two attached hydrogens (primary N) is 1. The third kappa shape index (κ3) is 3.42. The van der Waals surface area contributed by atoms with Crippen LogP contribution in [0.1, 0.15) is 12.5 Å². The van der Waals surface area contributed by atoms with Gasteiger partial charge in [-0.3, -0.25) is 10.3 Å². The lowest BCUT2D eigenvalue weighted by Gasteiger charge is -2.09. The highest BCUT2D eigenvalue weighted by Gasteiger charge is 2.06. The van der Waals surface area contributed by atoms with Crippen molar-refractivity contribution in [2.75, 3.05) is 13.2 Å². The molecular formula is C16H19N3. The molecule has 0 aliphatic carbocycles. The molecule has 0 bridgehead atoms. The molecule has 0 unspecified atom stereocenters. The zero-order chi connectivity index (χ0) is 13.5. The first-order valence-corrected chi connectivity index (χ1v) is 6.48. The number of nitrogens with one attached hydrogen (secondary N) is 1. The lowest BCUT2D eigenvalue weighted by Crippen LogP contribution is -2.20. The number of aliphatic imine (C=N–C) groups is 1. The van der Waals surface area contributed by atoms with Gasteiger partial charge in [0.25, 0.3) is 0 Å². The molecule has 3 N–H and O–H groups in total. The largest absolute Gasteiger partial charge is 0.383 e. The molecule has 98 valence electrons. The first-order chi connectivity index (χ1) is 9.33. The molecule has 0 heterocycles. The Morgan fingerprint density at radius 2 is 1.74 bits per heavy atom. The molecular weight excluding hydrogens is 234 g/mol. The normalized spacial score (nSPS) is 11.5. The molecule has 3 heteroatoms. The van der Waals surface area contributed by atoms with Crippen LogP contribution in [-0.2, 0) is 0 Å². The van der Waals surface area contributed by atoms with Gasteiger partial charge in [-0.05, 0) is 17.7 Å². The molecule has 19 heavy (non-hydrogen) atoms. The molecule has 0 amide bonds. The van der Waals surface area contributed by atoms with Crippen LogP contribution in [0.15, 0.2) is 59.6 Å². The molecule has 3 nitrogen and oxygen atoms in total. The lowest BCUT2D eigenvalue weighted by molar-refractivity contribution is 0.743. The van der Waals surface area contributed by atoms with Gasteiger partial charge in [-0.15, -0.1) is 0 Å². The van der Waals surface area contributed by atoms with Crippen molar-refractivity contribution in [1.82, 2.24) is 5.32 Å². The minimum absolute atomic E-state index is 0.547. The summed E-state index contributed by atoms with van der Waals surface area (Å²) in [5, 5.41) is 3.14. The summed E-state index contributed by atoms with van der Waals surface area (Å²) in [7, 11) is 0. The summed E-state index contributed by atoms with van der Waals surface area (Å²) < 4.78 is 0. The molecule has 0 aromatic heterocycles. The number of hydrogen-bond donors (Lipinski definition) is 2. The highest BCUT2D eigenvalue weighted by molar-refractivity contribution is 6.03. The average Bonchev–Trinajstić information content (AvgIpc) is 2.48. The number of rotatable bonds is 5. The van der Waals surface area contributed by atoms with Crippen LogP contribution < -0.4 is 11.1 Å². The number of hydrogen-bond acceptors (Lipinski definition) is 2. The van der Waals surface area contributed by atoms with Crippen LogP contribution in [0.3, 0.4) is 0 Å².